The van der Waals surface area contributed by atoms with E-state index >= 15 is 0 Å². The highest BCUT2D eigenvalue weighted by molar-refractivity contribution is 5.66. The maximum absolute atomic E-state index is 13.6. The molecular formula is C10H10FN3O2. The van der Waals surface area contributed by atoms with E-state index in [2.05, 4.69) is 10.2 Å². The molecule has 2 aromatic rings. The topological polar surface area (TPSA) is 84.2 Å². The highest BCUT2D eigenvalue weighted by Gasteiger charge is 2.13. The number of nitrogens with one attached hydrogen (secondary N) is 1. The number of phenolic OH excluding ortho intramolecular Hbond substituents is 1. The molecule has 0 atom stereocenters. The van der Waals surface area contributed by atoms with Crippen LogP contribution >= 0.6 is 0 Å². The number of aromatic hydroxyl groups is 1. The van der Waals surface area contributed by atoms with Gasteiger partial charge in [-0.05, 0) is 6.07 Å². The number of phenols is 1. The molecular weight excluding hydrogens is 213 g/mol. The van der Waals surface area contributed by atoms with E-state index in [-0.39, 0.29) is 22.9 Å². The number of nitrogens with two attached hydrogens (primary N) is 1. The Morgan fingerprint density at radius 2 is 2.19 bits per heavy atom. The van der Waals surface area contributed by atoms with Crippen molar-refractivity contribution in [2.45, 2.75) is 0 Å². The number of anilines is 1. The van der Waals surface area contributed by atoms with Crippen LogP contribution in [0.4, 0.5) is 10.2 Å². The molecule has 0 aliphatic carbocycles. The lowest BCUT2D eigenvalue weighted by Crippen LogP contribution is -1.89. The Kier molecular flexibility index (Phi) is 2.40. The summed E-state index contributed by atoms with van der Waals surface area (Å²) < 4.78 is 18.4. The predicted molar refractivity (Wildman–Crippen MR) is 56.6 cm³/mol. The highest BCUT2D eigenvalue weighted by atomic mass is 19.1. The van der Waals surface area contributed by atoms with E-state index in [0.29, 0.717) is 5.69 Å². The van der Waals surface area contributed by atoms with Crippen molar-refractivity contribution in [2.75, 3.05) is 12.8 Å². The maximum atomic E-state index is 13.6. The lowest BCUT2D eigenvalue weighted by Gasteiger charge is -2.06. The van der Waals surface area contributed by atoms with E-state index in [1.165, 1.54) is 19.2 Å². The molecule has 16 heavy (non-hydrogen) atoms. The van der Waals surface area contributed by atoms with Gasteiger partial charge >= 0.3 is 0 Å². The van der Waals surface area contributed by atoms with Crippen molar-refractivity contribution in [1.29, 1.82) is 0 Å². The van der Waals surface area contributed by atoms with E-state index in [0.717, 1.165) is 6.07 Å². The second kappa shape index (κ2) is 3.73. The number of ether oxygens (including phenoxy) is 1. The molecule has 5 nitrogen and oxygen atoms in total. The minimum Gasteiger partial charge on any atom is -0.504 e. The number of nitrogens with zero attached hydrogens (tertiary/aromatic N) is 1. The summed E-state index contributed by atoms with van der Waals surface area (Å²) in [4.78, 5) is 0. The molecule has 1 aromatic carbocycles. The number of aromatic nitrogens is 2. The third kappa shape index (κ3) is 1.65. The number of nitrogen functional groups attached to an aromatic ring is 1. The molecule has 2 rings (SSSR count). The summed E-state index contributed by atoms with van der Waals surface area (Å²) in [6, 6.07) is 3.84. The largest absolute Gasteiger partial charge is 0.504 e. The third-order valence-electron chi connectivity index (χ3n) is 2.16. The van der Waals surface area contributed by atoms with Gasteiger partial charge in [-0.15, -0.1) is 0 Å². The number of benzene rings is 1. The number of methoxy groups -OCH3 is 1. The fourth-order valence-electron chi connectivity index (χ4n) is 1.39. The molecule has 0 fully saturated rings. The zero-order valence-electron chi connectivity index (χ0n) is 8.49. The highest BCUT2D eigenvalue weighted by Crippen LogP contribution is 2.33. The molecule has 0 bridgehead atoms. The second-order valence-corrected chi connectivity index (χ2v) is 3.21. The normalized spacial score (nSPS) is 10.4. The molecule has 0 radical (unpaired) electrons. The molecule has 1 aromatic heterocycles. The van der Waals surface area contributed by atoms with Crippen molar-refractivity contribution >= 4 is 5.82 Å². The fourth-order valence-corrected chi connectivity index (χ4v) is 1.39. The zero-order chi connectivity index (χ0) is 11.7. The first-order chi connectivity index (χ1) is 7.61. The van der Waals surface area contributed by atoms with Crippen LogP contribution in [0.1, 0.15) is 0 Å². The quantitative estimate of drug-likeness (QED) is 0.720. The Labute approximate surface area is 90.7 Å². The molecule has 0 aliphatic rings. The van der Waals surface area contributed by atoms with Crippen LogP contribution in [0.2, 0.25) is 0 Å². The number of hydrogen-bond acceptors (Lipinski definition) is 4. The van der Waals surface area contributed by atoms with Gasteiger partial charge in [0.25, 0.3) is 0 Å². The first-order valence-electron chi connectivity index (χ1n) is 4.49. The summed E-state index contributed by atoms with van der Waals surface area (Å²) in [5, 5.41) is 15.6. The van der Waals surface area contributed by atoms with Gasteiger partial charge in [0.1, 0.15) is 11.6 Å². The van der Waals surface area contributed by atoms with Crippen LogP contribution in [0.5, 0.6) is 11.5 Å². The van der Waals surface area contributed by atoms with Gasteiger partial charge in [-0.3, -0.25) is 5.10 Å². The van der Waals surface area contributed by atoms with Gasteiger partial charge in [0.2, 0.25) is 0 Å². The monoisotopic (exact) mass is 223 g/mol. The Morgan fingerprint density at radius 1 is 1.44 bits per heavy atom. The Balaban J connectivity index is 2.56. The summed E-state index contributed by atoms with van der Waals surface area (Å²) in [5.41, 5.74) is 6.08. The van der Waals surface area contributed by atoms with Gasteiger partial charge in [-0.2, -0.15) is 5.10 Å². The summed E-state index contributed by atoms with van der Waals surface area (Å²) >= 11 is 0. The van der Waals surface area contributed by atoms with Crippen LogP contribution in [0, 0.1) is 5.82 Å². The Hall–Kier alpha value is -2.24. The SMILES string of the molecule is COc1cc(-c2cc(N)n[nH]2)c(F)cc1O. The maximum Gasteiger partial charge on any atom is 0.161 e. The third-order valence-corrected chi connectivity index (χ3v) is 2.16. The minimum atomic E-state index is -0.582. The van der Waals surface area contributed by atoms with E-state index in [1.54, 1.807) is 0 Å². The van der Waals surface area contributed by atoms with Crippen molar-refractivity contribution in [3.63, 3.8) is 0 Å². The first-order valence-corrected chi connectivity index (χ1v) is 4.49. The molecule has 84 valence electrons. The van der Waals surface area contributed by atoms with Crippen molar-refractivity contribution in [1.82, 2.24) is 10.2 Å². The van der Waals surface area contributed by atoms with Crippen molar-refractivity contribution < 1.29 is 14.2 Å². The van der Waals surface area contributed by atoms with E-state index in [1.807, 2.05) is 0 Å². The molecule has 4 N–H and O–H groups in total. The van der Waals surface area contributed by atoms with E-state index < -0.39 is 5.82 Å². The summed E-state index contributed by atoms with van der Waals surface area (Å²) in [6.07, 6.45) is 0. The van der Waals surface area contributed by atoms with Gasteiger partial charge < -0.3 is 15.6 Å². The average molecular weight is 223 g/mol. The number of hydrogen-bond donors (Lipinski definition) is 3. The standard InChI is InChI=1S/C10H10FN3O2/c1-16-9-2-5(6(11)3-8(9)15)7-4-10(12)14-13-7/h2-4,15H,1H3,(H3,12,13,14). The minimum absolute atomic E-state index is 0.185. The first kappa shape index (κ1) is 10.3. The predicted octanol–water partition coefficient (Wildman–Crippen LogP) is 1.51. The van der Waals surface area contributed by atoms with Gasteiger partial charge in [0, 0.05) is 17.7 Å². The molecule has 6 heteroatoms. The van der Waals surface area contributed by atoms with Crippen LogP contribution in [0.3, 0.4) is 0 Å². The lowest BCUT2D eigenvalue weighted by atomic mass is 10.1. The number of halogens is 1. The van der Waals surface area contributed by atoms with Crippen molar-refractivity contribution in [3.8, 4) is 22.8 Å². The van der Waals surface area contributed by atoms with Crippen molar-refractivity contribution in [2.24, 2.45) is 0 Å². The molecule has 0 amide bonds. The molecule has 0 saturated carbocycles. The van der Waals surface area contributed by atoms with Gasteiger partial charge in [0.15, 0.2) is 11.5 Å². The lowest BCUT2D eigenvalue weighted by molar-refractivity contribution is 0.371. The van der Waals surface area contributed by atoms with Gasteiger partial charge in [-0.25, -0.2) is 4.39 Å². The molecule has 0 aliphatic heterocycles. The number of aromatic amines is 1. The fraction of sp³-hybridized carbons (Fsp3) is 0.100. The van der Waals surface area contributed by atoms with Crippen LogP contribution in [0.15, 0.2) is 18.2 Å². The number of H-pyrrole nitrogens is 1. The molecule has 0 saturated heterocycles. The van der Waals surface area contributed by atoms with Crippen LogP contribution in [0.25, 0.3) is 11.3 Å². The average Bonchev–Trinajstić information content (AvgIpc) is 2.65. The second-order valence-electron chi connectivity index (χ2n) is 3.21. The zero-order valence-corrected chi connectivity index (χ0v) is 8.49. The van der Waals surface area contributed by atoms with Crippen LogP contribution < -0.4 is 10.5 Å². The smallest absolute Gasteiger partial charge is 0.161 e. The van der Waals surface area contributed by atoms with Gasteiger partial charge in [0.05, 0.1) is 12.8 Å². The van der Waals surface area contributed by atoms with Gasteiger partial charge in [-0.1, -0.05) is 0 Å². The van der Waals surface area contributed by atoms with Crippen LogP contribution in [-0.2, 0) is 0 Å². The summed E-state index contributed by atoms with van der Waals surface area (Å²) in [7, 11) is 1.39. The number of rotatable bonds is 2. The van der Waals surface area contributed by atoms with E-state index in [9.17, 15) is 9.50 Å². The molecule has 0 unspecified atom stereocenters. The Morgan fingerprint density at radius 3 is 2.75 bits per heavy atom. The molecule has 0 spiro atoms. The Bertz CT molecular complexity index is 525. The summed E-state index contributed by atoms with van der Waals surface area (Å²) in [5.74, 6) is -0.385. The van der Waals surface area contributed by atoms with E-state index in [4.69, 9.17) is 10.5 Å². The molecule has 1 heterocycles. The van der Waals surface area contributed by atoms with Crippen LogP contribution in [-0.4, -0.2) is 22.4 Å². The summed E-state index contributed by atoms with van der Waals surface area (Å²) in [6.45, 7) is 0. The van der Waals surface area contributed by atoms with Crippen molar-refractivity contribution in [3.05, 3.63) is 24.0 Å².